The zero-order valence-electron chi connectivity index (χ0n) is 12.1. The van der Waals surface area contributed by atoms with E-state index in [9.17, 15) is 4.79 Å². The number of aromatic nitrogens is 2. The van der Waals surface area contributed by atoms with Crippen molar-refractivity contribution in [2.45, 2.75) is 32.1 Å². The standard InChI is InChI=1S/C18H18N2O/c1-12-11-16-19-14-9-5-6-10-15(14)20(16)18(21)17(12)13-7-3-2-4-8-13/h3,5-7,9-11,13,19H,2,4,8H2,1H3. The largest absolute Gasteiger partial charge is 0.340 e. The van der Waals surface area contributed by atoms with E-state index in [4.69, 9.17) is 0 Å². The molecule has 2 heterocycles. The van der Waals surface area contributed by atoms with Gasteiger partial charge in [-0.05, 0) is 49.9 Å². The summed E-state index contributed by atoms with van der Waals surface area (Å²) in [7, 11) is 0. The van der Waals surface area contributed by atoms with Gasteiger partial charge in [0.2, 0.25) is 0 Å². The van der Waals surface area contributed by atoms with Gasteiger partial charge in [-0.3, -0.25) is 9.20 Å². The molecule has 0 amide bonds. The number of benzene rings is 1. The zero-order valence-corrected chi connectivity index (χ0v) is 12.1. The third-order valence-corrected chi connectivity index (χ3v) is 4.49. The highest BCUT2D eigenvalue weighted by atomic mass is 16.1. The molecule has 1 aliphatic rings. The van der Waals surface area contributed by atoms with Crippen molar-refractivity contribution in [1.82, 2.24) is 9.38 Å². The molecule has 2 aromatic heterocycles. The normalized spacial score (nSPS) is 18.6. The summed E-state index contributed by atoms with van der Waals surface area (Å²) in [6.07, 6.45) is 7.77. The minimum absolute atomic E-state index is 0.124. The number of imidazole rings is 1. The number of nitrogens with one attached hydrogen (secondary N) is 1. The van der Waals surface area contributed by atoms with Crippen molar-refractivity contribution in [2.75, 3.05) is 0 Å². The van der Waals surface area contributed by atoms with Crippen molar-refractivity contribution in [2.24, 2.45) is 0 Å². The Bertz CT molecular complexity index is 914. The summed E-state index contributed by atoms with van der Waals surface area (Å²) in [6, 6.07) is 10.1. The Morgan fingerprint density at radius 2 is 2.14 bits per heavy atom. The van der Waals surface area contributed by atoms with Gasteiger partial charge in [-0.1, -0.05) is 24.3 Å². The molecule has 3 nitrogen and oxygen atoms in total. The van der Waals surface area contributed by atoms with Crippen LogP contribution in [0.5, 0.6) is 0 Å². The van der Waals surface area contributed by atoms with E-state index >= 15 is 0 Å². The number of hydrogen-bond donors (Lipinski definition) is 1. The van der Waals surface area contributed by atoms with Crippen LogP contribution >= 0.6 is 0 Å². The van der Waals surface area contributed by atoms with Gasteiger partial charge in [-0.25, -0.2) is 0 Å². The lowest BCUT2D eigenvalue weighted by atomic mass is 9.88. The van der Waals surface area contributed by atoms with Crippen molar-refractivity contribution in [1.29, 1.82) is 0 Å². The van der Waals surface area contributed by atoms with E-state index < -0.39 is 0 Å². The number of allylic oxidation sites excluding steroid dienone is 2. The SMILES string of the molecule is Cc1cc2[nH]c3ccccc3n2c(=O)c1C1C=CCCC1. The first-order chi connectivity index (χ1) is 10.3. The number of nitrogens with zero attached hydrogens (tertiary/aromatic N) is 1. The highest BCUT2D eigenvalue weighted by Gasteiger charge is 2.19. The summed E-state index contributed by atoms with van der Waals surface area (Å²) in [6.45, 7) is 2.05. The summed E-state index contributed by atoms with van der Waals surface area (Å²) in [5.41, 5.74) is 5.00. The van der Waals surface area contributed by atoms with Gasteiger partial charge in [-0.15, -0.1) is 0 Å². The highest BCUT2D eigenvalue weighted by Crippen LogP contribution is 2.28. The van der Waals surface area contributed by atoms with Crippen LogP contribution in [0.25, 0.3) is 16.7 Å². The second kappa shape index (κ2) is 4.62. The quantitative estimate of drug-likeness (QED) is 0.673. The lowest BCUT2D eigenvalue weighted by Gasteiger charge is -2.18. The topological polar surface area (TPSA) is 37.3 Å². The maximum Gasteiger partial charge on any atom is 0.260 e. The van der Waals surface area contributed by atoms with Crippen LogP contribution in [0.2, 0.25) is 0 Å². The molecular formula is C18H18N2O. The predicted molar refractivity (Wildman–Crippen MR) is 86.0 cm³/mol. The minimum Gasteiger partial charge on any atom is -0.340 e. The van der Waals surface area contributed by atoms with E-state index in [1.807, 2.05) is 35.6 Å². The molecule has 3 aromatic rings. The number of H-pyrrole nitrogens is 1. The molecule has 1 unspecified atom stereocenters. The number of aryl methyl sites for hydroxylation is 1. The van der Waals surface area contributed by atoms with Crippen molar-refractivity contribution < 1.29 is 0 Å². The Morgan fingerprint density at radius 1 is 1.29 bits per heavy atom. The first-order valence-electron chi connectivity index (χ1n) is 7.55. The second-order valence-electron chi connectivity index (χ2n) is 5.87. The molecule has 1 aromatic carbocycles. The van der Waals surface area contributed by atoms with Gasteiger partial charge in [0.25, 0.3) is 5.56 Å². The Labute approximate surface area is 122 Å². The fraction of sp³-hybridized carbons (Fsp3) is 0.278. The summed E-state index contributed by atoms with van der Waals surface area (Å²) < 4.78 is 1.82. The molecule has 0 saturated heterocycles. The molecule has 0 spiro atoms. The molecule has 0 radical (unpaired) electrons. The average molecular weight is 278 g/mol. The van der Waals surface area contributed by atoms with Crippen molar-refractivity contribution in [3.05, 3.63) is 64.0 Å². The van der Waals surface area contributed by atoms with E-state index in [0.717, 1.165) is 47.1 Å². The molecule has 0 aliphatic heterocycles. The number of aromatic amines is 1. The van der Waals surface area contributed by atoms with Gasteiger partial charge >= 0.3 is 0 Å². The first kappa shape index (κ1) is 12.5. The van der Waals surface area contributed by atoms with Crippen LogP contribution in [0, 0.1) is 6.92 Å². The molecule has 1 N–H and O–H groups in total. The van der Waals surface area contributed by atoms with Crippen molar-refractivity contribution >= 4 is 16.7 Å². The number of para-hydroxylation sites is 2. The minimum atomic E-state index is 0.124. The predicted octanol–water partition coefficient (Wildman–Crippen LogP) is 3.91. The molecular weight excluding hydrogens is 260 g/mol. The molecule has 0 bridgehead atoms. The molecule has 1 atom stereocenters. The molecule has 0 fully saturated rings. The Morgan fingerprint density at radius 3 is 2.95 bits per heavy atom. The average Bonchev–Trinajstić information content (AvgIpc) is 2.86. The number of hydrogen-bond acceptors (Lipinski definition) is 1. The molecule has 0 saturated carbocycles. The van der Waals surface area contributed by atoms with Crippen LogP contribution in [0.15, 0.2) is 47.3 Å². The van der Waals surface area contributed by atoms with Crippen LogP contribution in [0.1, 0.15) is 36.3 Å². The number of rotatable bonds is 1. The van der Waals surface area contributed by atoms with Crippen LogP contribution in [-0.4, -0.2) is 9.38 Å². The van der Waals surface area contributed by atoms with Gasteiger partial charge in [0, 0.05) is 11.5 Å². The maximum atomic E-state index is 13.0. The fourth-order valence-electron chi connectivity index (χ4n) is 3.49. The van der Waals surface area contributed by atoms with Crippen molar-refractivity contribution in [3.8, 4) is 0 Å². The van der Waals surface area contributed by atoms with E-state index in [-0.39, 0.29) is 11.5 Å². The number of pyridine rings is 1. The fourth-order valence-corrected chi connectivity index (χ4v) is 3.49. The zero-order chi connectivity index (χ0) is 14.4. The molecule has 106 valence electrons. The monoisotopic (exact) mass is 278 g/mol. The van der Waals surface area contributed by atoms with Crippen LogP contribution < -0.4 is 5.56 Å². The lowest BCUT2D eigenvalue weighted by molar-refractivity contribution is 0.645. The lowest BCUT2D eigenvalue weighted by Crippen LogP contribution is -2.22. The summed E-state index contributed by atoms with van der Waals surface area (Å²) in [5.74, 6) is 0.261. The Balaban J connectivity index is 2.08. The van der Waals surface area contributed by atoms with Crippen molar-refractivity contribution in [3.63, 3.8) is 0 Å². The van der Waals surface area contributed by atoms with Crippen LogP contribution in [-0.2, 0) is 0 Å². The van der Waals surface area contributed by atoms with E-state index in [1.165, 1.54) is 0 Å². The van der Waals surface area contributed by atoms with Crippen LogP contribution in [0.4, 0.5) is 0 Å². The van der Waals surface area contributed by atoms with E-state index in [1.54, 1.807) is 0 Å². The third kappa shape index (κ3) is 1.84. The second-order valence-corrected chi connectivity index (χ2v) is 5.87. The van der Waals surface area contributed by atoms with Gasteiger partial charge in [0.05, 0.1) is 11.0 Å². The first-order valence-corrected chi connectivity index (χ1v) is 7.55. The smallest absolute Gasteiger partial charge is 0.260 e. The summed E-state index contributed by atoms with van der Waals surface area (Å²) in [4.78, 5) is 16.4. The third-order valence-electron chi connectivity index (χ3n) is 4.49. The summed E-state index contributed by atoms with van der Waals surface area (Å²) in [5, 5.41) is 0. The summed E-state index contributed by atoms with van der Waals surface area (Å²) >= 11 is 0. The van der Waals surface area contributed by atoms with Gasteiger partial charge in [0.1, 0.15) is 5.65 Å². The Kier molecular flexibility index (Phi) is 2.74. The molecule has 4 rings (SSSR count). The van der Waals surface area contributed by atoms with E-state index in [2.05, 4.69) is 23.2 Å². The maximum absolute atomic E-state index is 13.0. The molecule has 21 heavy (non-hydrogen) atoms. The number of fused-ring (bicyclic) bond motifs is 3. The Hall–Kier alpha value is -2.29. The van der Waals surface area contributed by atoms with Crippen LogP contribution in [0.3, 0.4) is 0 Å². The highest BCUT2D eigenvalue weighted by molar-refractivity contribution is 5.80. The molecule has 1 aliphatic carbocycles. The van der Waals surface area contributed by atoms with E-state index in [0.29, 0.717) is 0 Å². The van der Waals surface area contributed by atoms with Gasteiger partial charge < -0.3 is 4.98 Å². The van der Waals surface area contributed by atoms with Gasteiger partial charge in [-0.2, -0.15) is 0 Å². The molecule has 3 heteroatoms. The van der Waals surface area contributed by atoms with Gasteiger partial charge in [0.15, 0.2) is 0 Å².